The average molecular weight is 469 g/mol. The van der Waals surface area contributed by atoms with E-state index in [1.807, 2.05) is 6.92 Å². The summed E-state index contributed by atoms with van der Waals surface area (Å²) in [5.74, 6) is 0.216. The molecule has 2 aromatic rings. The number of rotatable bonds is 8. The van der Waals surface area contributed by atoms with Crippen LogP contribution in [0.25, 0.3) is 5.76 Å². The van der Waals surface area contributed by atoms with Crippen molar-refractivity contribution in [2.24, 2.45) is 0 Å². The summed E-state index contributed by atoms with van der Waals surface area (Å²) < 4.78 is 27.4. The van der Waals surface area contributed by atoms with E-state index < -0.39 is 17.7 Å². The summed E-state index contributed by atoms with van der Waals surface area (Å²) in [6.45, 7) is 3.51. The minimum absolute atomic E-state index is 0.0241. The van der Waals surface area contributed by atoms with Crippen LogP contribution in [-0.2, 0) is 14.3 Å². The third-order valence-corrected chi connectivity index (χ3v) is 5.70. The van der Waals surface area contributed by atoms with Gasteiger partial charge in [-0.1, -0.05) is 6.07 Å². The van der Waals surface area contributed by atoms with Crippen LogP contribution in [0.3, 0.4) is 0 Å². The van der Waals surface area contributed by atoms with Gasteiger partial charge < -0.3 is 33.7 Å². The fraction of sp³-hybridized carbons (Fsp3) is 0.360. The van der Waals surface area contributed by atoms with E-state index >= 15 is 0 Å². The Morgan fingerprint density at radius 2 is 1.82 bits per heavy atom. The molecule has 0 saturated carbocycles. The first-order chi connectivity index (χ1) is 16.5. The molecule has 2 heterocycles. The van der Waals surface area contributed by atoms with Crippen LogP contribution in [0, 0.1) is 0 Å². The predicted molar refractivity (Wildman–Crippen MR) is 122 cm³/mol. The van der Waals surface area contributed by atoms with Crippen LogP contribution in [0.1, 0.15) is 24.1 Å². The number of Topliss-reactive ketones (excluding diaryl/α,β-unsaturated/α-hetero) is 1. The highest BCUT2D eigenvalue weighted by Gasteiger charge is 2.46. The summed E-state index contributed by atoms with van der Waals surface area (Å²) in [5, 5.41) is 11.2. The summed E-state index contributed by atoms with van der Waals surface area (Å²) in [5.41, 5.74) is 0.913. The Labute approximate surface area is 197 Å². The van der Waals surface area contributed by atoms with Gasteiger partial charge in [-0.2, -0.15) is 0 Å². The van der Waals surface area contributed by atoms with Crippen molar-refractivity contribution in [3.8, 4) is 23.0 Å². The number of aliphatic hydroxyl groups excluding tert-OH is 1. The first-order valence-corrected chi connectivity index (χ1v) is 11.0. The van der Waals surface area contributed by atoms with Gasteiger partial charge in [0, 0.05) is 19.2 Å². The number of benzene rings is 2. The van der Waals surface area contributed by atoms with Crippen LogP contribution in [0.2, 0.25) is 0 Å². The highest BCUT2D eigenvalue weighted by atomic mass is 16.6. The molecule has 0 spiro atoms. The molecule has 2 aromatic carbocycles. The molecule has 34 heavy (non-hydrogen) atoms. The van der Waals surface area contributed by atoms with E-state index in [0.29, 0.717) is 53.9 Å². The van der Waals surface area contributed by atoms with Crippen molar-refractivity contribution < 1.29 is 38.4 Å². The van der Waals surface area contributed by atoms with E-state index in [9.17, 15) is 14.7 Å². The second-order valence-electron chi connectivity index (χ2n) is 7.69. The molecular formula is C25H27NO8. The summed E-state index contributed by atoms with van der Waals surface area (Å²) in [4.78, 5) is 27.5. The van der Waals surface area contributed by atoms with Gasteiger partial charge >= 0.3 is 0 Å². The van der Waals surface area contributed by atoms with E-state index in [4.69, 9.17) is 23.7 Å². The molecule has 9 heteroatoms. The molecule has 0 aliphatic carbocycles. The second kappa shape index (κ2) is 10.0. The highest BCUT2D eigenvalue weighted by molar-refractivity contribution is 6.46. The Morgan fingerprint density at radius 3 is 2.53 bits per heavy atom. The lowest BCUT2D eigenvalue weighted by Crippen LogP contribution is -2.32. The molecule has 180 valence electrons. The molecule has 9 nitrogen and oxygen atoms in total. The second-order valence-corrected chi connectivity index (χ2v) is 7.69. The summed E-state index contributed by atoms with van der Waals surface area (Å²) >= 11 is 0. The van der Waals surface area contributed by atoms with Crippen molar-refractivity contribution >= 4 is 17.4 Å². The summed E-state index contributed by atoms with van der Waals surface area (Å²) in [6.07, 6.45) is 0. The number of hydrogen-bond acceptors (Lipinski definition) is 8. The standard InChI is InChI=1S/C25H27NO8/c1-4-32-17-7-5-15(13-19(17)31-3)22-21(24(28)25(29)26(22)9-10-30-2)23(27)16-6-8-18-20(14-16)34-12-11-33-18/h5-8,13-14,22,27H,4,9-12H2,1-3H3/b23-21+. The predicted octanol–water partition coefficient (Wildman–Crippen LogP) is 2.93. The number of amides is 1. The van der Waals surface area contributed by atoms with Crippen LogP contribution in [0.15, 0.2) is 42.0 Å². The van der Waals surface area contributed by atoms with Gasteiger partial charge in [0.2, 0.25) is 0 Å². The quantitative estimate of drug-likeness (QED) is 0.358. The van der Waals surface area contributed by atoms with Crippen LogP contribution >= 0.6 is 0 Å². The normalized spacial score (nSPS) is 18.8. The zero-order valence-corrected chi connectivity index (χ0v) is 19.3. The molecule has 0 aromatic heterocycles. The maximum atomic E-state index is 13.1. The number of aliphatic hydroxyl groups is 1. The van der Waals surface area contributed by atoms with Gasteiger partial charge in [0.1, 0.15) is 19.0 Å². The smallest absolute Gasteiger partial charge is 0.295 e. The SMILES string of the molecule is CCOc1ccc(C2/C(=C(\O)c3ccc4c(c3)OCCO4)C(=O)C(=O)N2CCOC)cc1OC. The number of hydrogen-bond donors (Lipinski definition) is 1. The van der Waals surface area contributed by atoms with Gasteiger partial charge in [-0.05, 0) is 42.8 Å². The summed E-state index contributed by atoms with van der Waals surface area (Å²) in [7, 11) is 3.03. The number of nitrogens with zero attached hydrogens (tertiary/aromatic N) is 1. The van der Waals surface area contributed by atoms with Gasteiger partial charge in [-0.15, -0.1) is 0 Å². The van der Waals surface area contributed by atoms with Crippen molar-refractivity contribution in [2.75, 3.05) is 47.2 Å². The van der Waals surface area contributed by atoms with Crippen molar-refractivity contribution in [3.63, 3.8) is 0 Å². The number of methoxy groups -OCH3 is 2. The third kappa shape index (κ3) is 4.26. The lowest BCUT2D eigenvalue weighted by molar-refractivity contribution is -0.140. The van der Waals surface area contributed by atoms with E-state index in [1.165, 1.54) is 19.1 Å². The number of carbonyl (C=O) groups excluding carboxylic acids is 2. The van der Waals surface area contributed by atoms with Gasteiger partial charge in [0.05, 0.1) is 31.9 Å². The van der Waals surface area contributed by atoms with E-state index in [2.05, 4.69) is 0 Å². The Balaban J connectivity index is 1.84. The lowest BCUT2D eigenvalue weighted by atomic mass is 9.94. The van der Waals surface area contributed by atoms with Gasteiger partial charge in [-0.3, -0.25) is 9.59 Å². The molecule has 1 amide bonds. The van der Waals surface area contributed by atoms with Crippen molar-refractivity contribution in [2.45, 2.75) is 13.0 Å². The maximum absolute atomic E-state index is 13.1. The Bertz CT molecular complexity index is 1130. The van der Waals surface area contributed by atoms with Crippen LogP contribution in [0.5, 0.6) is 23.0 Å². The summed E-state index contributed by atoms with van der Waals surface area (Å²) in [6, 6.07) is 9.23. The molecular weight excluding hydrogens is 442 g/mol. The average Bonchev–Trinajstić information content (AvgIpc) is 3.12. The van der Waals surface area contributed by atoms with E-state index in [-0.39, 0.29) is 24.5 Å². The number of likely N-dealkylation sites (tertiary alicyclic amines) is 1. The largest absolute Gasteiger partial charge is 0.507 e. The maximum Gasteiger partial charge on any atom is 0.295 e. The zero-order chi connectivity index (χ0) is 24.2. The van der Waals surface area contributed by atoms with Crippen molar-refractivity contribution in [1.82, 2.24) is 4.90 Å². The zero-order valence-electron chi connectivity index (χ0n) is 19.3. The van der Waals surface area contributed by atoms with Crippen LogP contribution < -0.4 is 18.9 Å². The molecule has 1 fully saturated rings. The lowest BCUT2D eigenvalue weighted by Gasteiger charge is -2.26. The van der Waals surface area contributed by atoms with Crippen LogP contribution in [-0.4, -0.2) is 68.9 Å². The van der Waals surface area contributed by atoms with Crippen LogP contribution in [0.4, 0.5) is 0 Å². The Kier molecular flexibility index (Phi) is 6.93. The highest BCUT2D eigenvalue weighted by Crippen LogP contribution is 2.43. The van der Waals surface area contributed by atoms with E-state index in [1.54, 1.807) is 36.4 Å². The fourth-order valence-corrected chi connectivity index (χ4v) is 4.12. The minimum Gasteiger partial charge on any atom is -0.507 e. The topological polar surface area (TPSA) is 104 Å². The molecule has 2 aliphatic heterocycles. The first kappa shape index (κ1) is 23.4. The fourth-order valence-electron chi connectivity index (χ4n) is 4.12. The number of ether oxygens (including phenoxy) is 5. The molecule has 1 unspecified atom stereocenters. The molecule has 1 N–H and O–H groups in total. The van der Waals surface area contributed by atoms with Crippen molar-refractivity contribution in [1.29, 1.82) is 0 Å². The molecule has 1 saturated heterocycles. The number of fused-ring (bicyclic) bond motifs is 1. The number of carbonyl (C=O) groups is 2. The molecule has 2 aliphatic rings. The van der Waals surface area contributed by atoms with Gasteiger partial charge in [0.25, 0.3) is 11.7 Å². The molecule has 0 radical (unpaired) electrons. The van der Waals surface area contributed by atoms with E-state index in [0.717, 1.165) is 0 Å². The van der Waals surface area contributed by atoms with Gasteiger partial charge in [0.15, 0.2) is 23.0 Å². The third-order valence-electron chi connectivity index (χ3n) is 5.70. The minimum atomic E-state index is -0.840. The number of ketones is 1. The van der Waals surface area contributed by atoms with Gasteiger partial charge in [-0.25, -0.2) is 0 Å². The molecule has 0 bridgehead atoms. The Morgan fingerprint density at radius 1 is 1.06 bits per heavy atom. The monoisotopic (exact) mass is 469 g/mol. The first-order valence-electron chi connectivity index (χ1n) is 11.0. The molecule has 1 atom stereocenters. The Hall–Kier alpha value is -3.72. The molecule has 4 rings (SSSR count). The van der Waals surface area contributed by atoms with Crippen molar-refractivity contribution in [3.05, 3.63) is 53.1 Å².